The molecule has 0 saturated heterocycles. The number of pyridine rings is 1. The van der Waals surface area contributed by atoms with Gasteiger partial charge in [0.25, 0.3) is 0 Å². The summed E-state index contributed by atoms with van der Waals surface area (Å²) in [6, 6.07) is 12.9. The smallest absolute Gasteiger partial charge is 0.407 e. The van der Waals surface area contributed by atoms with Crippen molar-refractivity contribution in [3.8, 4) is 28.6 Å². The predicted octanol–water partition coefficient (Wildman–Crippen LogP) is 4.50. The Balaban J connectivity index is 1.62. The lowest BCUT2D eigenvalue weighted by atomic mass is 10.1. The molecule has 3 rings (SSSR count). The molecule has 0 spiro atoms. The maximum absolute atomic E-state index is 11.6. The van der Waals surface area contributed by atoms with Gasteiger partial charge < -0.3 is 19.5 Å². The Bertz CT molecular complexity index is 1010. The Kier molecular flexibility index (Phi) is 7.02. The SMILES string of the molecule is COc1ccc(-n2nc(Cl)cc2-c2ccc(OCCNC(=O)OC(C)(C)C)cc2)cn1. The molecule has 31 heavy (non-hydrogen) atoms. The molecule has 0 saturated carbocycles. The number of ether oxygens (including phenoxy) is 3. The second-order valence-corrected chi connectivity index (χ2v) is 8.01. The van der Waals surface area contributed by atoms with Gasteiger partial charge in [0.2, 0.25) is 5.88 Å². The average Bonchev–Trinajstić information content (AvgIpc) is 3.12. The van der Waals surface area contributed by atoms with E-state index < -0.39 is 11.7 Å². The van der Waals surface area contributed by atoms with Gasteiger partial charge in [0.05, 0.1) is 31.2 Å². The highest BCUT2D eigenvalue weighted by Gasteiger charge is 2.15. The Labute approximate surface area is 186 Å². The third kappa shape index (κ3) is 6.36. The fourth-order valence-corrected chi connectivity index (χ4v) is 2.91. The maximum Gasteiger partial charge on any atom is 0.407 e. The summed E-state index contributed by atoms with van der Waals surface area (Å²) in [5.74, 6) is 1.20. The van der Waals surface area contributed by atoms with Gasteiger partial charge in [-0.1, -0.05) is 11.6 Å². The van der Waals surface area contributed by atoms with Crippen LogP contribution in [0.5, 0.6) is 11.6 Å². The Morgan fingerprint density at radius 1 is 1.16 bits per heavy atom. The van der Waals surface area contributed by atoms with E-state index in [-0.39, 0.29) is 0 Å². The molecular formula is C22H25ClN4O4. The molecule has 8 nitrogen and oxygen atoms in total. The van der Waals surface area contributed by atoms with Gasteiger partial charge in [-0.05, 0) is 51.1 Å². The van der Waals surface area contributed by atoms with Crippen molar-refractivity contribution in [1.29, 1.82) is 0 Å². The fraction of sp³-hybridized carbons (Fsp3) is 0.318. The number of carbonyl (C=O) groups excluding carboxylic acids is 1. The zero-order chi connectivity index (χ0) is 22.4. The summed E-state index contributed by atoms with van der Waals surface area (Å²) in [5.41, 5.74) is 1.96. The normalized spacial score (nSPS) is 11.1. The van der Waals surface area contributed by atoms with Gasteiger partial charge in [-0.3, -0.25) is 0 Å². The fourth-order valence-electron chi connectivity index (χ4n) is 2.73. The topological polar surface area (TPSA) is 87.5 Å². The number of amides is 1. The van der Waals surface area contributed by atoms with Crippen molar-refractivity contribution in [1.82, 2.24) is 20.1 Å². The third-order valence-corrected chi connectivity index (χ3v) is 4.23. The standard InChI is InChI=1S/C22H25ClN4O4/c1-22(2,3)31-21(28)24-11-12-30-17-8-5-15(6-9-17)18-13-19(23)26-27(18)16-7-10-20(29-4)25-14-16/h5-10,13-14H,11-12H2,1-4H3,(H,24,28). The van der Waals surface area contributed by atoms with Crippen molar-refractivity contribution in [3.05, 3.63) is 53.8 Å². The molecule has 0 fully saturated rings. The number of hydrogen-bond acceptors (Lipinski definition) is 6. The summed E-state index contributed by atoms with van der Waals surface area (Å²) in [4.78, 5) is 15.9. The van der Waals surface area contributed by atoms with E-state index in [0.29, 0.717) is 29.9 Å². The van der Waals surface area contributed by atoms with E-state index in [1.165, 1.54) is 0 Å². The molecule has 1 aromatic carbocycles. The van der Waals surface area contributed by atoms with Crippen LogP contribution >= 0.6 is 11.6 Å². The minimum atomic E-state index is -0.530. The minimum Gasteiger partial charge on any atom is -0.492 e. The first kappa shape index (κ1) is 22.4. The third-order valence-electron chi connectivity index (χ3n) is 4.04. The average molecular weight is 445 g/mol. The summed E-state index contributed by atoms with van der Waals surface area (Å²) in [6.07, 6.45) is 1.20. The van der Waals surface area contributed by atoms with E-state index in [1.54, 1.807) is 30.1 Å². The van der Waals surface area contributed by atoms with Crippen molar-refractivity contribution < 1.29 is 19.0 Å². The molecule has 2 heterocycles. The molecule has 0 unspecified atom stereocenters. The molecule has 0 radical (unpaired) electrons. The number of nitrogens with one attached hydrogen (secondary N) is 1. The lowest BCUT2D eigenvalue weighted by Gasteiger charge is -2.19. The van der Waals surface area contributed by atoms with E-state index in [2.05, 4.69) is 15.4 Å². The number of rotatable bonds is 7. The summed E-state index contributed by atoms with van der Waals surface area (Å²) in [6.45, 7) is 6.10. The summed E-state index contributed by atoms with van der Waals surface area (Å²) in [5, 5.41) is 7.39. The zero-order valence-corrected chi connectivity index (χ0v) is 18.6. The van der Waals surface area contributed by atoms with E-state index in [0.717, 1.165) is 16.9 Å². The molecule has 3 aromatic rings. The van der Waals surface area contributed by atoms with Crippen molar-refractivity contribution in [2.24, 2.45) is 0 Å². The second-order valence-electron chi connectivity index (χ2n) is 7.62. The number of halogens is 1. The number of methoxy groups -OCH3 is 1. The first-order valence-corrected chi connectivity index (χ1v) is 10.1. The Hall–Kier alpha value is -3.26. The largest absolute Gasteiger partial charge is 0.492 e. The first-order chi connectivity index (χ1) is 14.7. The monoisotopic (exact) mass is 444 g/mol. The molecule has 1 amide bonds. The minimum absolute atomic E-state index is 0.319. The highest BCUT2D eigenvalue weighted by atomic mass is 35.5. The first-order valence-electron chi connectivity index (χ1n) is 9.71. The van der Waals surface area contributed by atoms with Crippen LogP contribution in [0.15, 0.2) is 48.7 Å². The van der Waals surface area contributed by atoms with Gasteiger partial charge in [0, 0.05) is 17.7 Å². The molecule has 0 bridgehead atoms. The van der Waals surface area contributed by atoms with Gasteiger partial charge >= 0.3 is 6.09 Å². The summed E-state index contributed by atoms with van der Waals surface area (Å²) < 4.78 is 17.7. The van der Waals surface area contributed by atoms with Crippen LogP contribution in [0.3, 0.4) is 0 Å². The molecule has 1 N–H and O–H groups in total. The van der Waals surface area contributed by atoms with Gasteiger partial charge in [-0.25, -0.2) is 14.5 Å². The lowest BCUT2D eigenvalue weighted by molar-refractivity contribution is 0.0520. The number of alkyl carbamates (subject to hydrolysis) is 1. The van der Waals surface area contributed by atoms with Crippen molar-refractivity contribution in [2.75, 3.05) is 20.3 Å². The van der Waals surface area contributed by atoms with Crippen LogP contribution in [0.1, 0.15) is 20.8 Å². The van der Waals surface area contributed by atoms with Gasteiger partial charge in [0.1, 0.15) is 18.0 Å². The number of carbonyl (C=O) groups is 1. The quantitative estimate of drug-likeness (QED) is 0.540. The van der Waals surface area contributed by atoms with Crippen LogP contribution in [0.2, 0.25) is 5.15 Å². The maximum atomic E-state index is 11.6. The lowest BCUT2D eigenvalue weighted by Crippen LogP contribution is -2.34. The summed E-state index contributed by atoms with van der Waals surface area (Å²) in [7, 11) is 1.56. The summed E-state index contributed by atoms with van der Waals surface area (Å²) >= 11 is 6.16. The van der Waals surface area contributed by atoms with Gasteiger partial charge in [-0.15, -0.1) is 0 Å². The highest BCUT2D eigenvalue weighted by Crippen LogP contribution is 2.27. The van der Waals surface area contributed by atoms with Crippen molar-refractivity contribution in [2.45, 2.75) is 26.4 Å². The number of benzene rings is 1. The van der Waals surface area contributed by atoms with Crippen LogP contribution in [0, 0.1) is 0 Å². The van der Waals surface area contributed by atoms with E-state index in [4.69, 9.17) is 25.8 Å². The van der Waals surface area contributed by atoms with Crippen molar-refractivity contribution in [3.63, 3.8) is 0 Å². The van der Waals surface area contributed by atoms with Gasteiger partial charge in [0.15, 0.2) is 5.15 Å². The number of nitrogens with zero attached hydrogens (tertiary/aromatic N) is 3. The predicted molar refractivity (Wildman–Crippen MR) is 118 cm³/mol. The number of aromatic nitrogens is 3. The Morgan fingerprint density at radius 3 is 2.52 bits per heavy atom. The van der Waals surface area contributed by atoms with E-state index in [1.807, 2.05) is 51.1 Å². The molecule has 0 aliphatic heterocycles. The van der Waals surface area contributed by atoms with E-state index in [9.17, 15) is 4.79 Å². The second kappa shape index (κ2) is 9.70. The molecule has 0 atom stereocenters. The molecule has 164 valence electrons. The van der Waals surface area contributed by atoms with E-state index >= 15 is 0 Å². The van der Waals surface area contributed by atoms with Crippen LogP contribution in [0.25, 0.3) is 16.9 Å². The highest BCUT2D eigenvalue weighted by molar-refractivity contribution is 6.29. The number of hydrogen-bond donors (Lipinski definition) is 1. The molecular weight excluding hydrogens is 420 g/mol. The van der Waals surface area contributed by atoms with Crippen LogP contribution in [-0.2, 0) is 4.74 Å². The molecule has 9 heteroatoms. The Morgan fingerprint density at radius 2 is 1.90 bits per heavy atom. The van der Waals surface area contributed by atoms with Crippen molar-refractivity contribution >= 4 is 17.7 Å². The molecule has 0 aliphatic rings. The molecule has 2 aromatic heterocycles. The van der Waals surface area contributed by atoms with Crippen LogP contribution in [-0.4, -0.2) is 46.7 Å². The van der Waals surface area contributed by atoms with Gasteiger partial charge in [-0.2, -0.15) is 5.10 Å². The van der Waals surface area contributed by atoms with Crippen LogP contribution < -0.4 is 14.8 Å². The molecule has 0 aliphatic carbocycles. The van der Waals surface area contributed by atoms with Crippen LogP contribution in [0.4, 0.5) is 4.79 Å². The zero-order valence-electron chi connectivity index (χ0n) is 17.9.